The minimum absolute atomic E-state index is 0.000916. The van der Waals surface area contributed by atoms with Gasteiger partial charge in [-0.3, -0.25) is 14.4 Å². The molecule has 116 valence electrons. The number of carboxylic acid groups (broad SMARTS) is 1. The van der Waals surface area contributed by atoms with E-state index in [1.54, 1.807) is 33.8 Å². The maximum Gasteiger partial charge on any atom is 0.311 e. The minimum atomic E-state index is -0.999. The Kier molecular flexibility index (Phi) is 5.29. The molecule has 21 heavy (non-hydrogen) atoms. The lowest BCUT2D eigenvalue weighted by molar-refractivity contribution is -0.149. The first kappa shape index (κ1) is 16.9. The number of aryl methyl sites for hydroxylation is 2. The molecule has 6 heteroatoms. The third kappa shape index (κ3) is 3.51. The maximum absolute atomic E-state index is 12.2. The monoisotopic (exact) mass is 294 g/mol. The van der Waals surface area contributed by atoms with E-state index in [4.69, 9.17) is 0 Å². The number of carboxylic acids is 1. The summed E-state index contributed by atoms with van der Waals surface area (Å²) >= 11 is 0. The maximum atomic E-state index is 12.2. The molecule has 1 aromatic heterocycles. The van der Waals surface area contributed by atoms with Gasteiger partial charge in [-0.1, -0.05) is 13.8 Å². The van der Waals surface area contributed by atoms with Crippen molar-refractivity contribution < 1.29 is 14.7 Å². The second-order valence-corrected chi connectivity index (χ2v) is 5.31. The zero-order chi connectivity index (χ0) is 16.2. The number of H-pyrrole nitrogens is 1. The third-order valence-corrected chi connectivity index (χ3v) is 3.99. The van der Waals surface area contributed by atoms with Crippen LogP contribution in [-0.4, -0.2) is 28.5 Å². The van der Waals surface area contributed by atoms with Crippen LogP contribution in [0.25, 0.3) is 0 Å². The summed E-state index contributed by atoms with van der Waals surface area (Å²) in [5.74, 6) is -1.48. The van der Waals surface area contributed by atoms with Crippen molar-refractivity contribution in [1.82, 2.24) is 10.3 Å². The van der Waals surface area contributed by atoms with Gasteiger partial charge in [0.1, 0.15) is 5.56 Å². The van der Waals surface area contributed by atoms with E-state index in [0.29, 0.717) is 24.1 Å². The van der Waals surface area contributed by atoms with E-state index in [0.717, 1.165) is 0 Å². The summed E-state index contributed by atoms with van der Waals surface area (Å²) in [5, 5.41) is 11.9. The molecule has 1 amide bonds. The molecule has 0 saturated heterocycles. The van der Waals surface area contributed by atoms with Gasteiger partial charge in [0.25, 0.3) is 11.5 Å². The Bertz CT molecular complexity index is 600. The molecule has 0 spiro atoms. The minimum Gasteiger partial charge on any atom is -0.481 e. The predicted octanol–water partition coefficient (Wildman–Crippen LogP) is 1.61. The van der Waals surface area contributed by atoms with E-state index in [2.05, 4.69) is 10.3 Å². The molecule has 0 unspecified atom stereocenters. The van der Waals surface area contributed by atoms with Crippen LogP contribution in [0.15, 0.2) is 10.9 Å². The van der Waals surface area contributed by atoms with Crippen LogP contribution in [0.4, 0.5) is 0 Å². The smallest absolute Gasteiger partial charge is 0.311 e. The first-order valence-electron chi connectivity index (χ1n) is 6.99. The highest BCUT2D eigenvalue weighted by atomic mass is 16.4. The molecule has 1 aromatic rings. The second-order valence-electron chi connectivity index (χ2n) is 5.31. The fourth-order valence-corrected chi connectivity index (χ4v) is 2.35. The normalized spacial score (nSPS) is 11.2. The van der Waals surface area contributed by atoms with Crippen LogP contribution in [-0.2, 0) is 4.79 Å². The summed E-state index contributed by atoms with van der Waals surface area (Å²) in [4.78, 5) is 38.0. The average molecular weight is 294 g/mol. The van der Waals surface area contributed by atoms with Crippen molar-refractivity contribution in [2.75, 3.05) is 6.54 Å². The van der Waals surface area contributed by atoms with Gasteiger partial charge in [0.05, 0.1) is 5.41 Å². The molecule has 0 aliphatic carbocycles. The molecule has 0 fully saturated rings. The standard InChI is InChI=1S/C15H22N2O4/c1-5-15(6-2,14(20)21)8-16-12(18)11-9(3)7-10(4)17-13(11)19/h7H,5-6,8H2,1-4H3,(H,16,18)(H,17,19)(H,20,21). The van der Waals surface area contributed by atoms with Gasteiger partial charge in [-0.05, 0) is 38.3 Å². The summed E-state index contributed by atoms with van der Waals surface area (Å²) in [6.07, 6.45) is 0.810. The van der Waals surface area contributed by atoms with Crippen LogP contribution >= 0.6 is 0 Å². The van der Waals surface area contributed by atoms with Crippen molar-refractivity contribution in [3.05, 3.63) is 33.2 Å². The highest BCUT2D eigenvalue weighted by molar-refractivity contribution is 5.95. The molecule has 6 nitrogen and oxygen atoms in total. The number of nitrogens with one attached hydrogen (secondary N) is 2. The second kappa shape index (κ2) is 6.56. The number of hydrogen-bond donors (Lipinski definition) is 3. The summed E-state index contributed by atoms with van der Waals surface area (Å²) in [7, 11) is 0. The van der Waals surface area contributed by atoms with Crippen LogP contribution in [0.5, 0.6) is 0 Å². The number of pyridine rings is 1. The molecule has 0 bridgehead atoms. The van der Waals surface area contributed by atoms with Crippen LogP contribution in [0, 0.1) is 19.3 Å². The average Bonchev–Trinajstić information content (AvgIpc) is 2.38. The van der Waals surface area contributed by atoms with E-state index in [1.165, 1.54) is 0 Å². The van der Waals surface area contributed by atoms with Crippen LogP contribution in [0.3, 0.4) is 0 Å². The van der Waals surface area contributed by atoms with Gasteiger partial charge >= 0.3 is 5.97 Å². The first-order valence-corrected chi connectivity index (χ1v) is 6.99. The highest BCUT2D eigenvalue weighted by Crippen LogP contribution is 2.25. The molecule has 0 aromatic carbocycles. The van der Waals surface area contributed by atoms with Gasteiger partial charge in [-0.25, -0.2) is 0 Å². The molecule has 0 saturated carbocycles. The lowest BCUT2D eigenvalue weighted by Crippen LogP contribution is -2.43. The van der Waals surface area contributed by atoms with Gasteiger partial charge in [0.15, 0.2) is 0 Å². The summed E-state index contributed by atoms with van der Waals surface area (Å²) in [5.41, 5.74) is -0.175. The van der Waals surface area contributed by atoms with Crippen LogP contribution in [0.1, 0.15) is 48.3 Å². The van der Waals surface area contributed by atoms with Crippen molar-refractivity contribution in [3.8, 4) is 0 Å². The van der Waals surface area contributed by atoms with E-state index < -0.39 is 22.9 Å². The highest BCUT2D eigenvalue weighted by Gasteiger charge is 2.35. The summed E-state index contributed by atoms with van der Waals surface area (Å²) in [6, 6.07) is 1.71. The van der Waals surface area contributed by atoms with E-state index in [1.807, 2.05) is 0 Å². The van der Waals surface area contributed by atoms with Gasteiger partial charge in [0.2, 0.25) is 0 Å². The Morgan fingerprint density at radius 3 is 2.29 bits per heavy atom. The largest absolute Gasteiger partial charge is 0.481 e. The Labute approximate surface area is 123 Å². The zero-order valence-corrected chi connectivity index (χ0v) is 12.9. The number of aromatic amines is 1. The first-order chi connectivity index (χ1) is 9.77. The van der Waals surface area contributed by atoms with Gasteiger partial charge < -0.3 is 15.4 Å². The molecule has 0 radical (unpaired) electrons. The Morgan fingerprint density at radius 2 is 1.86 bits per heavy atom. The fraction of sp³-hybridized carbons (Fsp3) is 0.533. The molecule has 0 aliphatic rings. The van der Waals surface area contributed by atoms with Crippen molar-refractivity contribution in [2.24, 2.45) is 5.41 Å². The van der Waals surface area contributed by atoms with Crippen molar-refractivity contribution in [2.45, 2.75) is 40.5 Å². The number of hydrogen-bond acceptors (Lipinski definition) is 3. The van der Waals surface area contributed by atoms with E-state index >= 15 is 0 Å². The number of amides is 1. The molecule has 1 heterocycles. The molecule has 3 N–H and O–H groups in total. The van der Waals surface area contributed by atoms with Crippen molar-refractivity contribution in [1.29, 1.82) is 0 Å². The number of rotatable bonds is 6. The van der Waals surface area contributed by atoms with Gasteiger partial charge in [0, 0.05) is 12.2 Å². The topological polar surface area (TPSA) is 99.3 Å². The lowest BCUT2D eigenvalue weighted by Gasteiger charge is -2.26. The fourth-order valence-electron chi connectivity index (χ4n) is 2.35. The van der Waals surface area contributed by atoms with Crippen molar-refractivity contribution in [3.63, 3.8) is 0 Å². The van der Waals surface area contributed by atoms with Crippen LogP contribution < -0.4 is 10.9 Å². The van der Waals surface area contributed by atoms with Gasteiger partial charge in [-0.2, -0.15) is 0 Å². The van der Waals surface area contributed by atoms with Crippen LogP contribution in [0.2, 0.25) is 0 Å². The van der Waals surface area contributed by atoms with E-state index in [-0.39, 0.29) is 12.1 Å². The van der Waals surface area contributed by atoms with E-state index in [9.17, 15) is 19.5 Å². The third-order valence-electron chi connectivity index (χ3n) is 3.99. The molecular weight excluding hydrogens is 272 g/mol. The van der Waals surface area contributed by atoms with Gasteiger partial charge in [-0.15, -0.1) is 0 Å². The Hall–Kier alpha value is -2.11. The molecule has 1 rings (SSSR count). The lowest BCUT2D eigenvalue weighted by atomic mass is 9.82. The number of aliphatic carboxylic acids is 1. The van der Waals surface area contributed by atoms with Crippen molar-refractivity contribution >= 4 is 11.9 Å². The Balaban J connectivity index is 2.98. The predicted molar refractivity (Wildman–Crippen MR) is 79.5 cm³/mol. The number of carbonyl (C=O) groups is 2. The quantitative estimate of drug-likeness (QED) is 0.742. The molecular formula is C15H22N2O4. The number of carbonyl (C=O) groups excluding carboxylic acids is 1. The number of aromatic nitrogens is 1. The zero-order valence-electron chi connectivity index (χ0n) is 12.9. The molecule has 0 aliphatic heterocycles. The summed E-state index contributed by atoms with van der Waals surface area (Å²) in [6.45, 7) is 6.96. The summed E-state index contributed by atoms with van der Waals surface area (Å²) < 4.78 is 0. The molecule has 0 atom stereocenters. The Morgan fingerprint density at radius 1 is 1.29 bits per heavy atom. The SMILES string of the molecule is CCC(CC)(CNC(=O)c1c(C)cc(C)[nH]c1=O)C(=O)O.